The topological polar surface area (TPSA) is 81.9 Å². The smallest absolute Gasteiger partial charge is 0.411 e. The number of hydrogen-bond donors (Lipinski definition) is 1. The van der Waals surface area contributed by atoms with Crippen LogP contribution in [0, 0.1) is 5.92 Å². The zero-order valence-corrected chi connectivity index (χ0v) is 13.6. The number of methoxy groups -OCH3 is 1. The fourth-order valence-corrected chi connectivity index (χ4v) is 2.82. The molecular formula is C16H24N2O4. The molecule has 0 saturated carbocycles. The van der Waals surface area contributed by atoms with Gasteiger partial charge in [-0.2, -0.15) is 0 Å². The van der Waals surface area contributed by atoms with Crippen molar-refractivity contribution in [3.63, 3.8) is 0 Å². The average molecular weight is 308 g/mol. The van der Waals surface area contributed by atoms with Crippen LogP contribution in [0.4, 0.5) is 4.79 Å². The van der Waals surface area contributed by atoms with Gasteiger partial charge in [0.15, 0.2) is 0 Å². The number of likely N-dealkylation sites (tertiary alicyclic amines) is 1. The van der Waals surface area contributed by atoms with Gasteiger partial charge in [-0.3, -0.25) is 4.90 Å². The maximum absolute atomic E-state index is 12.4. The Morgan fingerprint density at radius 1 is 1.36 bits per heavy atom. The maximum atomic E-state index is 12.4. The summed E-state index contributed by atoms with van der Waals surface area (Å²) in [4.78, 5) is 25.9. The minimum atomic E-state index is -0.617. The van der Waals surface area contributed by atoms with Gasteiger partial charge in [-0.15, -0.1) is 0 Å². The Balaban J connectivity index is 2.24. The first-order valence-electron chi connectivity index (χ1n) is 7.45. The van der Waals surface area contributed by atoms with E-state index in [1.807, 2.05) is 12.2 Å². The van der Waals surface area contributed by atoms with E-state index in [9.17, 15) is 9.59 Å². The highest BCUT2D eigenvalue weighted by atomic mass is 16.6. The highest BCUT2D eigenvalue weighted by Crippen LogP contribution is 2.34. The van der Waals surface area contributed by atoms with Crippen molar-refractivity contribution in [1.82, 2.24) is 4.90 Å². The molecule has 1 heterocycles. The molecule has 0 radical (unpaired) electrons. The van der Waals surface area contributed by atoms with Crippen molar-refractivity contribution in [3.05, 3.63) is 23.4 Å². The van der Waals surface area contributed by atoms with E-state index in [0.717, 1.165) is 12.0 Å². The molecule has 22 heavy (non-hydrogen) atoms. The molecular weight excluding hydrogens is 284 g/mol. The normalized spacial score (nSPS) is 24.8. The number of nitrogens with zero attached hydrogens (tertiary/aromatic N) is 1. The number of rotatable bonds is 1. The highest BCUT2D eigenvalue weighted by molar-refractivity contribution is 5.82. The molecule has 2 aliphatic rings. The lowest BCUT2D eigenvalue weighted by atomic mass is 9.81. The molecule has 122 valence electrons. The van der Waals surface area contributed by atoms with Crippen molar-refractivity contribution in [3.8, 4) is 0 Å². The third kappa shape index (κ3) is 3.61. The zero-order valence-electron chi connectivity index (χ0n) is 13.6. The molecule has 0 aromatic heterocycles. The van der Waals surface area contributed by atoms with Crippen LogP contribution >= 0.6 is 0 Å². The van der Waals surface area contributed by atoms with Gasteiger partial charge in [0.05, 0.1) is 7.11 Å². The molecule has 2 rings (SSSR count). The van der Waals surface area contributed by atoms with Crippen LogP contribution in [0.2, 0.25) is 0 Å². The molecule has 1 saturated heterocycles. The Labute approximate surface area is 130 Å². The monoisotopic (exact) mass is 308 g/mol. The van der Waals surface area contributed by atoms with Crippen LogP contribution in [0.15, 0.2) is 23.4 Å². The number of ether oxygens (including phenoxy) is 2. The van der Waals surface area contributed by atoms with Crippen molar-refractivity contribution in [2.24, 2.45) is 11.7 Å². The second-order valence-corrected chi connectivity index (χ2v) is 6.74. The Morgan fingerprint density at radius 2 is 2.05 bits per heavy atom. The largest absolute Gasteiger partial charge is 0.467 e. The summed E-state index contributed by atoms with van der Waals surface area (Å²) in [6.45, 7) is 5.73. The van der Waals surface area contributed by atoms with Crippen molar-refractivity contribution in [2.75, 3.05) is 13.7 Å². The van der Waals surface area contributed by atoms with Gasteiger partial charge in [-0.1, -0.05) is 6.08 Å². The molecule has 2 atom stereocenters. The van der Waals surface area contributed by atoms with Gasteiger partial charge in [0.1, 0.15) is 11.6 Å². The van der Waals surface area contributed by atoms with E-state index in [0.29, 0.717) is 18.7 Å². The van der Waals surface area contributed by atoms with E-state index in [1.165, 1.54) is 12.0 Å². The molecule has 0 bridgehead atoms. The van der Waals surface area contributed by atoms with Crippen molar-refractivity contribution < 1.29 is 19.1 Å². The van der Waals surface area contributed by atoms with Crippen molar-refractivity contribution in [2.45, 2.75) is 45.3 Å². The third-order valence-corrected chi connectivity index (χ3v) is 3.85. The van der Waals surface area contributed by atoms with E-state index in [-0.39, 0.29) is 5.92 Å². The van der Waals surface area contributed by atoms with Gasteiger partial charge >= 0.3 is 12.1 Å². The summed E-state index contributed by atoms with van der Waals surface area (Å²) < 4.78 is 10.3. The van der Waals surface area contributed by atoms with Gasteiger partial charge in [0, 0.05) is 12.2 Å². The van der Waals surface area contributed by atoms with Gasteiger partial charge in [0.2, 0.25) is 0 Å². The number of carbonyl (C=O) groups is 2. The second-order valence-electron chi connectivity index (χ2n) is 6.74. The molecule has 1 aliphatic carbocycles. The molecule has 2 unspecified atom stereocenters. The standard InChI is InChI=1S/C16H24N2O4/c1-16(2,3)22-15(20)18-9-11-7-12(17)6-5-10(11)8-13(18)14(19)21-4/h6-7,10,13H,5,8-9,17H2,1-4H3. The Morgan fingerprint density at radius 3 is 2.64 bits per heavy atom. The number of piperidine rings is 1. The Bertz CT molecular complexity index is 531. The molecule has 6 nitrogen and oxygen atoms in total. The summed E-state index contributed by atoms with van der Waals surface area (Å²) in [6.07, 6.45) is 4.65. The quantitative estimate of drug-likeness (QED) is 0.749. The summed E-state index contributed by atoms with van der Waals surface area (Å²) in [7, 11) is 1.33. The molecule has 0 aromatic carbocycles. The average Bonchev–Trinajstić information content (AvgIpc) is 2.43. The zero-order chi connectivity index (χ0) is 16.5. The van der Waals surface area contributed by atoms with Crippen molar-refractivity contribution >= 4 is 12.1 Å². The molecule has 0 aromatic rings. The highest BCUT2D eigenvalue weighted by Gasteiger charge is 2.41. The molecule has 6 heteroatoms. The lowest BCUT2D eigenvalue weighted by molar-refractivity contribution is -0.148. The first-order valence-corrected chi connectivity index (χ1v) is 7.45. The second kappa shape index (κ2) is 6.02. The molecule has 1 fully saturated rings. The Hall–Kier alpha value is -1.98. The number of carbonyl (C=O) groups excluding carboxylic acids is 2. The molecule has 1 aliphatic heterocycles. The van der Waals surface area contributed by atoms with E-state index >= 15 is 0 Å². The van der Waals surface area contributed by atoms with E-state index in [2.05, 4.69) is 0 Å². The van der Waals surface area contributed by atoms with Gasteiger partial charge in [-0.25, -0.2) is 9.59 Å². The SMILES string of the molecule is COC(=O)C1CC2CC=C(N)C=C2CN1C(=O)OC(C)(C)C. The third-order valence-electron chi connectivity index (χ3n) is 3.85. The summed E-state index contributed by atoms with van der Waals surface area (Å²) in [5.74, 6) is -0.192. The number of allylic oxidation sites excluding steroid dienone is 2. The molecule has 2 N–H and O–H groups in total. The fraction of sp³-hybridized carbons (Fsp3) is 0.625. The van der Waals surface area contributed by atoms with E-state index in [1.54, 1.807) is 20.8 Å². The summed E-state index contributed by atoms with van der Waals surface area (Å²) in [6, 6.07) is -0.616. The lowest BCUT2D eigenvalue weighted by Gasteiger charge is -2.40. The minimum Gasteiger partial charge on any atom is -0.467 e. The number of hydrogen-bond acceptors (Lipinski definition) is 5. The van der Waals surface area contributed by atoms with Crippen LogP contribution in [0.3, 0.4) is 0 Å². The van der Waals surface area contributed by atoms with Gasteiger partial charge < -0.3 is 15.2 Å². The number of amides is 1. The van der Waals surface area contributed by atoms with Crippen LogP contribution in [0.5, 0.6) is 0 Å². The predicted octanol–water partition coefficient (Wildman–Crippen LogP) is 1.96. The maximum Gasteiger partial charge on any atom is 0.411 e. The van der Waals surface area contributed by atoms with Crippen LogP contribution in [0.25, 0.3) is 0 Å². The first kappa shape index (κ1) is 16.4. The number of fused-ring (bicyclic) bond motifs is 1. The fourth-order valence-electron chi connectivity index (χ4n) is 2.82. The number of nitrogens with two attached hydrogens (primary N) is 1. The van der Waals surface area contributed by atoms with Crippen LogP contribution < -0.4 is 5.73 Å². The predicted molar refractivity (Wildman–Crippen MR) is 81.8 cm³/mol. The lowest BCUT2D eigenvalue weighted by Crippen LogP contribution is -2.53. The van der Waals surface area contributed by atoms with E-state index < -0.39 is 23.7 Å². The van der Waals surface area contributed by atoms with Crippen molar-refractivity contribution in [1.29, 1.82) is 0 Å². The van der Waals surface area contributed by atoms with Gasteiger partial charge in [-0.05, 0) is 51.2 Å². The van der Waals surface area contributed by atoms with Crippen LogP contribution in [0.1, 0.15) is 33.6 Å². The molecule has 1 amide bonds. The minimum absolute atomic E-state index is 0.218. The van der Waals surface area contributed by atoms with Crippen LogP contribution in [-0.4, -0.2) is 42.3 Å². The summed E-state index contributed by atoms with van der Waals surface area (Å²) in [5, 5.41) is 0. The van der Waals surface area contributed by atoms with Crippen LogP contribution in [-0.2, 0) is 14.3 Å². The Kier molecular flexibility index (Phi) is 4.49. The molecule has 0 spiro atoms. The summed E-state index contributed by atoms with van der Waals surface area (Å²) >= 11 is 0. The van der Waals surface area contributed by atoms with E-state index in [4.69, 9.17) is 15.2 Å². The van der Waals surface area contributed by atoms with Gasteiger partial charge in [0.25, 0.3) is 0 Å². The summed E-state index contributed by atoms with van der Waals surface area (Å²) in [5.41, 5.74) is 6.99. The first-order chi connectivity index (χ1) is 10.2. The number of esters is 1.